The molecule has 1 saturated heterocycles. The lowest BCUT2D eigenvalue weighted by Gasteiger charge is -2.35. The second-order valence-corrected chi connectivity index (χ2v) is 5.86. The molecule has 0 spiro atoms. The van der Waals surface area contributed by atoms with E-state index in [0.29, 0.717) is 19.0 Å². The van der Waals surface area contributed by atoms with Crippen LogP contribution in [0.4, 0.5) is 4.79 Å². The zero-order valence-corrected chi connectivity index (χ0v) is 11.8. The Hall–Kier alpha value is -1.26. The molecule has 1 aliphatic heterocycles. The van der Waals surface area contributed by atoms with Gasteiger partial charge in [-0.25, -0.2) is 9.59 Å². The number of carbonyl (C=O) groups is 2. The molecule has 19 heavy (non-hydrogen) atoms. The molecule has 2 rings (SSSR count). The number of nitrogens with zero attached hydrogens (tertiary/aromatic N) is 2. The standard InChI is InChI=1S/C14H24N2O3/c1-3-15(9-11-5-4-6-11)14(19)16-8-7-10(2)12(16)13(17)18/h10-12H,3-9H2,1-2H3,(H,17,18). The minimum absolute atomic E-state index is 0.0452. The fourth-order valence-electron chi connectivity index (χ4n) is 3.05. The van der Waals surface area contributed by atoms with Gasteiger partial charge in [0.1, 0.15) is 6.04 Å². The van der Waals surface area contributed by atoms with Gasteiger partial charge in [0.2, 0.25) is 0 Å². The lowest BCUT2D eigenvalue weighted by atomic mass is 9.85. The molecule has 0 bridgehead atoms. The normalized spacial score (nSPS) is 27.2. The number of hydrogen-bond acceptors (Lipinski definition) is 2. The second-order valence-electron chi connectivity index (χ2n) is 5.86. The number of aliphatic carboxylic acids is 1. The van der Waals surface area contributed by atoms with Crippen LogP contribution in [0.5, 0.6) is 0 Å². The van der Waals surface area contributed by atoms with Gasteiger partial charge >= 0.3 is 12.0 Å². The predicted molar refractivity (Wildman–Crippen MR) is 71.9 cm³/mol. The SMILES string of the molecule is CCN(CC1CCC1)C(=O)N1CCC(C)C1C(=O)O. The van der Waals surface area contributed by atoms with Crippen LogP contribution in [-0.2, 0) is 4.79 Å². The Morgan fingerprint density at radius 1 is 1.32 bits per heavy atom. The zero-order chi connectivity index (χ0) is 14.0. The van der Waals surface area contributed by atoms with Crippen LogP contribution >= 0.6 is 0 Å². The lowest BCUT2D eigenvalue weighted by Crippen LogP contribution is -2.50. The van der Waals surface area contributed by atoms with Crippen LogP contribution in [0, 0.1) is 11.8 Å². The van der Waals surface area contributed by atoms with Crippen LogP contribution in [0.15, 0.2) is 0 Å². The summed E-state index contributed by atoms with van der Waals surface area (Å²) >= 11 is 0. The van der Waals surface area contributed by atoms with Crippen molar-refractivity contribution in [3.63, 3.8) is 0 Å². The third kappa shape index (κ3) is 2.85. The van der Waals surface area contributed by atoms with Gasteiger partial charge in [0, 0.05) is 19.6 Å². The minimum Gasteiger partial charge on any atom is -0.480 e. The van der Waals surface area contributed by atoms with Gasteiger partial charge in [-0.1, -0.05) is 13.3 Å². The highest BCUT2D eigenvalue weighted by Gasteiger charge is 2.41. The Bertz CT molecular complexity index is 355. The van der Waals surface area contributed by atoms with Crippen molar-refractivity contribution in [2.75, 3.05) is 19.6 Å². The summed E-state index contributed by atoms with van der Waals surface area (Å²) in [6.07, 6.45) is 4.43. The second kappa shape index (κ2) is 5.80. The number of urea groups is 1. The molecule has 0 aromatic carbocycles. The maximum absolute atomic E-state index is 12.5. The van der Waals surface area contributed by atoms with Gasteiger partial charge in [0.05, 0.1) is 0 Å². The molecule has 0 aromatic heterocycles. The van der Waals surface area contributed by atoms with E-state index in [4.69, 9.17) is 0 Å². The molecule has 108 valence electrons. The quantitative estimate of drug-likeness (QED) is 0.848. The molecule has 0 aromatic rings. The summed E-state index contributed by atoms with van der Waals surface area (Å²) in [6.45, 7) is 5.89. The van der Waals surface area contributed by atoms with Gasteiger partial charge in [-0.3, -0.25) is 0 Å². The first-order valence-corrected chi connectivity index (χ1v) is 7.33. The summed E-state index contributed by atoms with van der Waals surface area (Å²) in [5.74, 6) is -0.214. The Kier molecular flexibility index (Phi) is 4.32. The fourth-order valence-corrected chi connectivity index (χ4v) is 3.05. The van der Waals surface area contributed by atoms with Crippen LogP contribution in [0.25, 0.3) is 0 Å². The number of amides is 2. The number of carboxylic acid groups (broad SMARTS) is 1. The van der Waals surface area contributed by atoms with Gasteiger partial charge < -0.3 is 14.9 Å². The van der Waals surface area contributed by atoms with E-state index in [2.05, 4.69) is 0 Å². The van der Waals surface area contributed by atoms with Crippen molar-refractivity contribution in [2.24, 2.45) is 11.8 Å². The first-order chi connectivity index (χ1) is 9.04. The van der Waals surface area contributed by atoms with Crippen LogP contribution in [0.3, 0.4) is 0 Å². The number of rotatable bonds is 4. The van der Waals surface area contributed by atoms with Gasteiger partial charge in [0.15, 0.2) is 0 Å². The molecule has 1 N–H and O–H groups in total. The fraction of sp³-hybridized carbons (Fsp3) is 0.857. The van der Waals surface area contributed by atoms with Crippen molar-refractivity contribution in [3.8, 4) is 0 Å². The average molecular weight is 268 g/mol. The maximum Gasteiger partial charge on any atom is 0.326 e. The number of carbonyl (C=O) groups excluding carboxylic acids is 1. The van der Waals surface area contributed by atoms with Gasteiger partial charge in [0.25, 0.3) is 0 Å². The molecule has 2 fully saturated rings. The minimum atomic E-state index is -0.877. The van der Waals surface area contributed by atoms with E-state index < -0.39 is 12.0 Å². The zero-order valence-electron chi connectivity index (χ0n) is 11.8. The van der Waals surface area contributed by atoms with Gasteiger partial charge in [-0.2, -0.15) is 0 Å². The van der Waals surface area contributed by atoms with E-state index in [-0.39, 0.29) is 11.9 Å². The third-order valence-corrected chi connectivity index (χ3v) is 4.55. The molecule has 2 unspecified atom stereocenters. The Balaban J connectivity index is 2.01. The summed E-state index contributed by atoms with van der Waals surface area (Å²) in [5, 5.41) is 9.28. The molecule has 5 nitrogen and oxygen atoms in total. The first kappa shape index (κ1) is 14.2. The molecule has 2 aliphatic rings. The molecule has 5 heteroatoms. The Morgan fingerprint density at radius 2 is 2.00 bits per heavy atom. The van der Waals surface area contributed by atoms with E-state index >= 15 is 0 Å². The van der Waals surface area contributed by atoms with Gasteiger partial charge in [-0.05, 0) is 38.0 Å². The van der Waals surface area contributed by atoms with Crippen LogP contribution in [0.1, 0.15) is 39.5 Å². The monoisotopic (exact) mass is 268 g/mol. The highest BCUT2D eigenvalue weighted by Crippen LogP contribution is 2.29. The number of likely N-dealkylation sites (tertiary alicyclic amines) is 1. The Morgan fingerprint density at radius 3 is 2.47 bits per heavy atom. The average Bonchev–Trinajstić information content (AvgIpc) is 2.69. The van der Waals surface area contributed by atoms with Crippen LogP contribution in [-0.4, -0.2) is 52.6 Å². The molecular weight excluding hydrogens is 244 g/mol. The van der Waals surface area contributed by atoms with E-state index in [9.17, 15) is 14.7 Å². The summed E-state index contributed by atoms with van der Waals surface area (Å²) in [7, 11) is 0. The first-order valence-electron chi connectivity index (χ1n) is 7.33. The molecule has 0 radical (unpaired) electrons. The van der Waals surface area contributed by atoms with Crippen molar-refractivity contribution >= 4 is 12.0 Å². The van der Waals surface area contributed by atoms with Crippen molar-refractivity contribution in [3.05, 3.63) is 0 Å². The largest absolute Gasteiger partial charge is 0.480 e. The van der Waals surface area contributed by atoms with Crippen molar-refractivity contribution in [1.82, 2.24) is 9.80 Å². The molecule has 1 aliphatic carbocycles. The topological polar surface area (TPSA) is 60.9 Å². The predicted octanol–water partition coefficient (Wildman–Crippen LogP) is 2.02. The number of carboxylic acids is 1. The van der Waals surface area contributed by atoms with Gasteiger partial charge in [-0.15, -0.1) is 0 Å². The summed E-state index contributed by atoms with van der Waals surface area (Å²) < 4.78 is 0. The molecule has 1 saturated carbocycles. The van der Waals surface area contributed by atoms with Crippen molar-refractivity contribution in [2.45, 2.75) is 45.6 Å². The molecule has 2 amide bonds. The van der Waals surface area contributed by atoms with Crippen molar-refractivity contribution < 1.29 is 14.7 Å². The van der Waals surface area contributed by atoms with E-state index in [1.54, 1.807) is 4.90 Å². The lowest BCUT2D eigenvalue weighted by molar-refractivity contribution is -0.142. The van der Waals surface area contributed by atoms with E-state index in [0.717, 1.165) is 13.0 Å². The highest BCUT2D eigenvalue weighted by molar-refractivity contribution is 5.83. The maximum atomic E-state index is 12.5. The molecule has 2 atom stereocenters. The van der Waals surface area contributed by atoms with E-state index in [1.807, 2.05) is 18.7 Å². The van der Waals surface area contributed by atoms with Crippen molar-refractivity contribution in [1.29, 1.82) is 0 Å². The van der Waals surface area contributed by atoms with Crippen LogP contribution in [0.2, 0.25) is 0 Å². The number of hydrogen-bond donors (Lipinski definition) is 1. The molecular formula is C14H24N2O3. The molecule has 1 heterocycles. The summed E-state index contributed by atoms with van der Waals surface area (Å²) in [5.41, 5.74) is 0. The van der Waals surface area contributed by atoms with Crippen LogP contribution < -0.4 is 0 Å². The summed E-state index contributed by atoms with van der Waals surface area (Å²) in [6, 6.07) is -0.742. The smallest absolute Gasteiger partial charge is 0.326 e. The highest BCUT2D eigenvalue weighted by atomic mass is 16.4. The Labute approximate surface area is 114 Å². The third-order valence-electron chi connectivity index (χ3n) is 4.55. The van der Waals surface area contributed by atoms with E-state index in [1.165, 1.54) is 19.3 Å². The summed E-state index contributed by atoms with van der Waals surface area (Å²) in [4.78, 5) is 27.2.